The first-order valence-electron chi connectivity index (χ1n) is 12.2. The molecular weight excluding hydrogens is 374 g/mol. The summed E-state index contributed by atoms with van der Waals surface area (Å²) in [6.45, 7) is 2.31. The van der Waals surface area contributed by atoms with Crippen molar-refractivity contribution in [3.8, 4) is 11.1 Å². The largest absolute Gasteiger partial charge is 0.204 e. The zero-order valence-corrected chi connectivity index (χ0v) is 18.4. The monoisotopic (exact) mass is 410 g/mol. The molecule has 0 unspecified atom stereocenters. The molecule has 0 nitrogen and oxygen atoms in total. The molecule has 2 fully saturated rings. The molecule has 0 aromatic heterocycles. The van der Waals surface area contributed by atoms with Crippen LogP contribution >= 0.6 is 0 Å². The lowest BCUT2D eigenvalue weighted by atomic mass is 9.68. The lowest BCUT2D eigenvalue weighted by Gasteiger charge is -2.38. The molecule has 2 aliphatic carbocycles. The van der Waals surface area contributed by atoms with E-state index in [1.807, 2.05) is 0 Å². The minimum atomic E-state index is -0.790. The van der Waals surface area contributed by atoms with Crippen LogP contribution in [0.4, 0.5) is 8.78 Å². The molecule has 0 bridgehead atoms. The summed E-state index contributed by atoms with van der Waals surface area (Å²) in [5.74, 6) is 2.00. The van der Waals surface area contributed by atoms with E-state index >= 15 is 0 Å². The van der Waals surface area contributed by atoms with E-state index in [2.05, 4.69) is 31.2 Å². The standard InChI is InChI=1S/C28H36F2/c1-2-3-4-20-5-7-21(8-6-20)22-9-11-23(12-10-22)24-13-15-25(16-14-24)26-17-18-27(29)28(30)19-26/h13-23H,2-12H2,1H3. The van der Waals surface area contributed by atoms with Gasteiger partial charge >= 0.3 is 0 Å². The zero-order valence-electron chi connectivity index (χ0n) is 18.4. The van der Waals surface area contributed by atoms with Crippen LogP contribution in [0, 0.1) is 29.4 Å². The van der Waals surface area contributed by atoms with Gasteiger partial charge in [-0.15, -0.1) is 0 Å². The highest BCUT2D eigenvalue weighted by molar-refractivity contribution is 5.63. The number of rotatable bonds is 6. The molecule has 0 amide bonds. The highest BCUT2D eigenvalue weighted by atomic mass is 19.2. The highest BCUT2D eigenvalue weighted by Crippen LogP contribution is 2.44. The average Bonchev–Trinajstić information content (AvgIpc) is 2.80. The van der Waals surface area contributed by atoms with Gasteiger partial charge in [-0.3, -0.25) is 0 Å². The average molecular weight is 411 g/mol. The molecule has 0 heterocycles. The fourth-order valence-corrected chi connectivity index (χ4v) is 5.99. The van der Waals surface area contributed by atoms with E-state index in [1.165, 1.54) is 88.3 Å². The summed E-state index contributed by atoms with van der Waals surface area (Å²) in [7, 11) is 0. The van der Waals surface area contributed by atoms with E-state index in [4.69, 9.17) is 0 Å². The van der Waals surface area contributed by atoms with Gasteiger partial charge < -0.3 is 0 Å². The molecule has 2 heteroatoms. The van der Waals surface area contributed by atoms with E-state index in [9.17, 15) is 8.78 Å². The maximum atomic E-state index is 13.5. The van der Waals surface area contributed by atoms with Crippen LogP contribution in [0.1, 0.15) is 89.0 Å². The number of halogens is 2. The van der Waals surface area contributed by atoms with Gasteiger partial charge in [-0.05, 0) is 91.0 Å². The van der Waals surface area contributed by atoms with Crippen LogP contribution in [-0.4, -0.2) is 0 Å². The first kappa shape index (κ1) is 21.5. The van der Waals surface area contributed by atoms with Gasteiger partial charge in [-0.2, -0.15) is 0 Å². The third-order valence-electron chi connectivity index (χ3n) is 7.93. The molecular formula is C28H36F2. The summed E-state index contributed by atoms with van der Waals surface area (Å²) in [6, 6.07) is 12.7. The first-order valence-corrected chi connectivity index (χ1v) is 12.2. The Kier molecular flexibility index (Phi) is 7.23. The third-order valence-corrected chi connectivity index (χ3v) is 7.93. The highest BCUT2D eigenvalue weighted by Gasteiger charge is 2.31. The molecule has 0 spiro atoms. The molecule has 2 aromatic carbocycles. The quantitative estimate of drug-likeness (QED) is 0.446. The molecule has 0 radical (unpaired) electrons. The lowest BCUT2D eigenvalue weighted by molar-refractivity contribution is 0.156. The Morgan fingerprint density at radius 1 is 0.700 bits per heavy atom. The number of hydrogen-bond acceptors (Lipinski definition) is 0. The normalized spacial score (nSPS) is 27.2. The topological polar surface area (TPSA) is 0 Å². The van der Waals surface area contributed by atoms with E-state index in [1.54, 1.807) is 6.07 Å². The SMILES string of the molecule is CCCCC1CCC(C2CCC(c3ccc(-c4ccc(F)c(F)c4)cc3)CC2)CC1. The summed E-state index contributed by atoms with van der Waals surface area (Å²) in [6.07, 6.45) is 15.4. The number of unbranched alkanes of at least 4 members (excludes halogenated alkanes) is 1. The summed E-state index contributed by atoms with van der Waals surface area (Å²) in [4.78, 5) is 0. The molecule has 2 saturated carbocycles. The Hall–Kier alpha value is -1.70. The zero-order chi connectivity index (χ0) is 20.9. The first-order chi connectivity index (χ1) is 14.6. The molecule has 0 aliphatic heterocycles. The van der Waals surface area contributed by atoms with Crippen molar-refractivity contribution in [2.45, 2.75) is 83.5 Å². The molecule has 0 N–H and O–H groups in total. The second-order valence-electron chi connectivity index (χ2n) is 9.79. The maximum absolute atomic E-state index is 13.5. The fourth-order valence-electron chi connectivity index (χ4n) is 5.99. The van der Waals surface area contributed by atoms with Gasteiger partial charge in [0.25, 0.3) is 0 Å². The summed E-state index contributed by atoms with van der Waals surface area (Å²) >= 11 is 0. The van der Waals surface area contributed by atoms with Crippen molar-refractivity contribution in [2.24, 2.45) is 17.8 Å². The molecule has 30 heavy (non-hydrogen) atoms. The fraction of sp³-hybridized carbons (Fsp3) is 0.571. The third kappa shape index (κ3) is 5.13. The van der Waals surface area contributed by atoms with Gasteiger partial charge in [-0.1, -0.05) is 69.4 Å². The summed E-state index contributed by atoms with van der Waals surface area (Å²) in [5.41, 5.74) is 3.09. The van der Waals surface area contributed by atoms with Crippen molar-refractivity contribution >= 4 is 0 Å². The van der Waals surface area contributed by atoms with E-state index in [0.717, 1.165) is 28.9 Å². The Bertz CT molecular complexity index is 794. The van der Waals surface area contributed by atoms with Gasteiger partial charge in [0.05, 0.1) is 0 Å². The van der Waals surface area contributed by atoms with E-state index in [0.29, 0.717) is 5.92 Å². The number of hydrogen-bond donors (Lipinski definition) is 0. The smallest absolute Gasteiger partial charge is 0.159 e. The van der Waals surface area contributed by atoms with Gasteiger partial charge in [-0.25, -0.2) is 8.78 Å². The maximum Gasteiger partial charge on any atom is 0.159 e. The second kappa shape index (κ2) is 10.1. The van der Waals surface area contributed by atoms with Crippen LogP contribution in [0.5, 0.6) is 0 Å². The van der Waals surface area contributed by atoms with Gasteiger partial charge in [0.15, 0.2) is 11.6 Å². The molecule has 162 valence electrons. The molecule has 4 rings (SSSR count). The second-order valence-corrected chi connectivity index (χ2v) is 9.79. The molecule has 0 saturated heterocycles. The Morgan fingerprint density at radius 3 is 1.90 bits per heavy atom. The summed E-state index contributed by atoms with van der Waals surface area (Å²) < 4.78 is 26.7. The molecule has 0 atom stereocenters. The lowest BCUT2D eigenvalue weighted by Crippen LogP contribution is -2.25. The van der Waals surface area contributed by atoms with Gasteiger partial charge in [0.1, 0.15) is 0 Å². The van der Waals surface area contributed by atoms with Gasteiger partial charge in [0.2, 0.25) is 0 Å². The van der Waals surface area contributed by atoms with Crippen molar-refractivity contribution in [1.82, 2.24) is 0 Å². The molecule has 2 aliphatic rings. The van der Waals surface area contributed by atoms with Crippen LogP contribution < -0.4 is 0 Å². The van der Waals surface area contributed by atoms with Crippen molar-refractivity contribution in [3.05, 3.63) is 59.7 Å². The van der Waals surface area contributed by atoms with Crippen molar-refractivity contribution < 1.29 is 8.78 Å². The Morgan fingerprint density at radius 2 is 1.30 bits per heavy atom. The molecule has 2 aromatic rings. The Labute approximate surface area is 181 Å². The van der Waals surface area contributed by atoms with Crippen LogP contribution in [-0.2, 0) is 0 Å². The number of benzene rings is 2. The van der Waals surface area contributed by atoms with Crippen LogP contribution in [0.15, 0.2) is 42.5 Å². The predicted molar refractivity (Wildman–Crippen MR) is 121 cm³/mol. The van der Waals surface area contributed by atoms with Crippen LogP contribution in [0.2, 0.25) is 0 Å². The van der Waals surface area contributed by atoms with Crippen molar-refractivity contribution in [2.75, 3.05) is 0 Å². The predicted octanol–water partition coefficient (Wildman–Crippen LogP) is 8.90. The van der Waals surface area contributed by atoms with E-state index in [-0.39, 0.29) is 0 Å². The Balaban J connectivity index is 1.28. The van der Waals surface area contributed by atoms with Crippen LogP contribution in [0.3, 0.4) is 0 Å². The minimum absolute atomic E-state index is 0.654. The summed E-state index contributed by atoms with van der Waals surface area (Å²) in [5, 5.41) is 0. The van der Waals surface area contributed by atoms with Crippen molar-refractivity contribution in [1.29, 1.82) is 0 Å². The van der Waals surface area contributed by atoms with Crippen LogP contribution in [0.25, 0.3) is 11.1 Å². The minimum Gasteiger partial charge on any atom is -0.204 e. The van der Waals surface area contributed by atoms with E-state index < -0.39 is 11.6 Å². The van der Waals surface area contributed by atoms with Crippen molar-refractivity contribution in [3.63, 3.8) is 0 Å². The van der Waals surface area contributed by atoms with Gasteiger partial charge in [0, 0.05) is 0 Å².